The molecule has 21 heavy (non-hydrogen) atoms. The van der Waals surface area contributed by atoms with Crippen LogP contribution in [-0.2, 0) is 6.42 Å². The molecule has 0 radical (unpaired) electrons. The maximum atomic E-state index is 13.5. The van der Waals surface area contributed by atoms with Crippen molar-refractivity contribution in [2.24, 2.45) is 10.9 Å². The number of oxime groups is 1. The zero-order valence-electron chi connectivity index (χ0n) is 11.5. The van der Waals surface area contributed by atoms with E-state index in [-0.39, 0.29) is 11.5 Å². The van der Waals surface area contributed by atoms with E-state index in [4.69, 9.17) is 10.9 Å². The van der Waals surface area contributed by atoms with Crippen LogP contribution in [0.5, 0.6) is 0 Å². The molecule has 0 aliphatic rings. The van der Waals surface area contributed by atoms with E-state index in [1.54, 1.807) is 0 Å². The number of amidine groups is 1. The first-order chi connectivity index (χ1) is 10.1. The Bertz CT molecular complexity index is 727. The van der Waals surface area contributed by atoms with Gasteiger partial charge in [0.05, 0.1) is 0 Å². The van der Waals surface area contributed by atoms with E-state index in [0.29, 0.717) is 5.69 Å². The molecule has 0 unspecified atom stereocenters. The molecule has 4 nitrogen and oxygen atoms in total. The van der Waals surface area contributed by atoms with Crippen molar-refractivity contribution >= 4 is 5.84 Å². The summed E-state index contributed by atoms with van der Waals surface area (Å²) in [6, 6.07) is 10.5. The first kappa shape index (κ1) is 14.5. The van der Waals surface area contributed by atoms with Crippen molar-refractivity contribution in [2.75, 3.05) is 0 Å². The van der Waals surface area contributed by atoms with E-state index in [9.17, 15) is 4.39 Å². The average Bonchev–Trinajstić information content (AvgIpc) is 2.53. The summed E-state index contributed by atoms with van der Waals surface area (Å²) in [6.07, 6.45) is 0.969. The van der Waals surface area contributed by atoms with Crippen LogP contribution in [0.1, 0.15) is 29.4 Å². The number of halogens is 1. The topological polar surface area (TPSA) is 71.5 Å². The van der Waals surface area contributed by atoms with Crippen LogP contribution in [0.2, 0.25) is 0 Å². The lowest BCUT2D eigenvalue weighted by Gasteiger charge is -2.00. The molecule has 0 atom stereocenters. The summed E-state index contributed by atoms with van der Waals surface area (Å²) < 4.78 is 13.5. The van der Waals surface area contributed by atoms with Crippen molar-refractivity contribution in [3.63, 3.8) is 0 Å². The van der Waals surface area contributed by atoms with Gasteiger partial charge in [-0.3, -0.25) is 0 Å². The Balaban J connectivity index is 2.29. The zero-order valence-corrected chi connectivity index (χ0v) is 11.5. The second-order valence-electron chi connectivity index (χ2n) is 4.31. The van der Waals surface area contributed by atoms with Crippen molar-refractivity contribution in [3.05, 3.63) is 64.7 Å². The molecule has 0 saturated carbocycles. The van der Waals surface area contributed by atoms with Crippen LogP contribution in [0, 0.1) is 17.7 Å². The van der Waals surface area contributed by atoms with Crippen molar-refractivity contribution in [2.45, 2.75) is 13.3 Å². The van der Waals surface area contributed by atoms with Gasteiger partial charge < -0.3 is 10.9 Å². The summed E-state index contributed by atoms with van der Waals surface area (Å²) in [5.74, 6) is 4.71. The lowest BCUT2D eigenvalue weighted by Crippen LogP contribution is -2.17. The molecule has 2 rings (SSSR count). The predicted octanol–water partition coefficient (Wildman–Crippen LogP) is 2.28. The van der Waals surface area contributed by atoms with Gasteiger partial charge in [-0.1, -0.05) is 30.1 Å². The second-order valence-corrected chi connectivity index (χ2v) is 4.31. The van der Waals surface area contributed by atoms with Gasteiger partial charge in [-0.25, -0.2) is 9.37 Å². The minimum Gasteiger partial charge on any atom is -0.409 e. The fourth-order valence-electron chi connectivity index (χ4n) is 1.70. The van der Waals surface area contributed by atoms with E-state index < -0.39 is 5.82 Å². The molecule has 2 aromatic rings. The lowest BCUT2D eigenvalue weighted by molar-refractivity contribution is 0.318. The third-order valence-corrected chi connectivity index (χ3v) is 2.89. The number of aryl methyl sites for hydroxylation is 1. The van der Waals surface area contributed by atoms with Crippen LogP contribution < -0.4 is 5.73 Å². The van der Waals surface area contributed by atoms with E-state index in [0.717, 1.165) is 12.0 Å². The van der Waals surface area contributed by atoms with Gasteiger partial charge in [-0.05, 0) is 42.2 Å². The Hall–Kier alpha value is -2.87. The summed E-state index contributed by atoms with van der Waals surface area (Å²) in [6.45, 7) is 2.08. The summed E-state index contributed by atoms with van der Waals surface area (Å²) in [4.78, 5) is 3.93. The summed E-state index contributed by atoms with van der Waals surface area (Å²) in [5, 5.41) is 11.3. The highest BCUT2D eigenvalue weighted by molar-refractivity contribution is 5.95. The minimum atomic E-state index is -0.664. The minimum absolute atomic E-state index is 0.217. The third-order valence-electron chi connectivity index (χ3n) is 2.89. The Morgan fingerprint density at radius 3 is 2.57 bits per heavy atom. The number of nitrogens with two attached hydrogens (primary N) is 1. The van der Waals surface area contributed by atoms with Crippen LogP contribution >= 0.6 is 0 Å². The van der Waals surface area contributed by atoms with E-state index in [1.165, 1.54) is 17.7 Å². The van der Waals surface area contributed by atoms with Gasteiger partial charge in [0.25, 0.3) is 0 Å². The number of hydrogen-bond acceptors (Lipinski definition) is 3. The molecule has 3 N–H and O–H groups in total. The number of pyridine rings is 1. The van der Waals surface area contributed by atoms with Gasteiger partial charge in [0.15, 0.2) is 11.7 Å². The highest BCUT2D eigenvalue weighted by atomic mass is 19.1. The van der Waals surface area contributed by atoms with Gasteiger partial charge in [0.1, 0.15) is 11.4 Å². The Kier molecular flexibility index (Phi) is 4.52. The smallest absolute Gasteiger partial charge is 0.191 e. The van der Waals surface area contributed by atoms with Gasteiger partial charge in [0, 0.05) is 5.56 Å². The molecule has 0 fully saturated rings. The summed E-state index contributed by atoms with van der Waals surface area (Å²) in [7, 11) is 0. The van der Waals surface area contributed by atoms with Crippen LogP contribution in [0.25, 0.3) is 0 Å². The Morgan fingerprint density at radius 2 is 1.95 bits per heavy atom. The summed E-state index contributed by atoms with van der Waals surface area (Å²) >= 11 is 0. The van der Waals surface area contributed by atoms with Crippen molar-refractivity contribution in [1.29, 1.82) is 0 Å². The van der Waals surface area contributed by atoms with Crippen molar-refractivity contribution in [1.82, 2.24) is 4.98 Å². The fraction of sp³-hybridized carbons (Fsp3) is 0.125. The molecule has 1 aromatic heterocycles. The number of aromatic nitrogens is 1. The van der Waals surface area contributed by atoms with E-state index in [2.05, 4.69) is 28.9 Å². The molecular weight excluding hydrogens is 269 g/mol. The fourth-order valence-corrected chi connectivity index (χ4v) is 1.70. The normalized spacial score (nSPS) is 10.9. The maximum absolute atomic E-state index is 13.5. The molecule has 0 amide bonds. The molecule has 1 heterocycles. The zero-order chi connectivity index (χ0) is 15.2. The third kappa shape index (κ3) is 3.57. The SMILES string of the molecule is CCc1ccc(C#Cc2ccc(F)c(/C(N)=N/O)n2)cc1. The number of rotatable bonds is 2. The highest BCUT2D eigenvalue weighted by Gasteiger charge is 2.09. The van der Waals surface area contributed by atoms with Crippen molar-refractivity contribution < 1.29 is 9.60 Å². The maximum Gasteiger partial charge on any atom is 0.191 e. The van der Waals surface area contributed by atoms with Gasteiger partial charge >= 0.3 is 0 Å². The molecule has 0 spiro atoms. The highest BCUT2D eigenvalue weighted by Crippen LogP contribution is 2.07. The van der Waals surface area contributed by atoms with E-state index >= 15 is 0 Å². The Labute approximate surface area is 122 Å². The summed E-state index contributed by atoms with van der Waals surface area (Å²) in [5.41, 5.74) is 7.55. The van der Waals surface area contributed by atoms with E-state index in [1.807, 2.05) is 24.3 Å². The first-order valence-corrected chi connectivity index (χ1v) is 6.39. The van der Waals surface area contributed by atoms with Gasteiger partial charge in [-0.15, -0.1) is 0 Å². The quantitative estimate of drug-likeness (QED) is 0.292. The monoisotopic (exact) mass is 283 g/mol. The van der Waals surface area contributed by atoms with Crippen LogP contribution in [0.15, 0.2) is 41.6 Å². The lowest BCUT2D eigenvalue weighted by atomic mass is 10.1. The molecule has 1 aromatic carbocycles. The van der Waals surface area contributed by atoms with Crippen molar-refractivity contribution in [3.8, 4) is 11.8 Å². The molecule has 106 valence electrons. The van der Waals surface area contributed by atoms with Crippen LogP contribution in [0.3, 0.4) is 0 Å². The molecule has 0 saturated heterocycles. The number of hydrogen-bond donors (Lipinski definition) is 2. The molecular formula is C16H14FN3O. The predicted molar refractivity (Wildman–Crippen MR) is 78.5 cm³/mol. The molecule has 0 aliphatic heterocycles. The molecule has 0 bridgehead atoms. The van der Waals surface area contributed by atoms with Gasteiger partial charge in [-0.2, -0.15) is 0 Å². The largest absolute Gasteiger partial charge is 0.409 e. The van der Waals surface area contributed by atoms with Gasteiger partial charge in [0.2, 0.25) is 0 Å². The van der Waals surface area contributed by atoms with Crippen LogP contribution in [-0.4, -0.2) is 16.0 Å². The number of benzene rings is 1. The number of nitrogens with zero attached hydrogens (tertiary/aromatic N) is 2. The molecule has 0 aliphatic carbocycles. The average molecular weight is 283 g/mol. The Morgan fingerprint density at radius 1 is 1.24 bits per heavy atom. The second kappa shape index (κ2) is 6.53. The standard InChI is InChI=1S/C16H14FN3O/c1-2-11-3-5-12(6-4-11)7-8-13-9-10-14(17)15(19-13)16(18)20-21/h3-6,9-10,21H,2H2,1H3,(H2,18,20). The first-order valence-electron chi connectivity index (χ1n) is 6.39. The molecule has 5 heteroatoms. The van der Waals surface area contributed by atoms with Crippen LogP contribution in [0.4, 0.5) is 4.39 Å².